The van der Waals surface area contributed by atoms with Gasteiger partial charge in [-0.1, -0.05) is 6.07 Å². The van der Waals surface area contributed by atoms with E-state index in [2.05, 4.69) is 4.98 Å². The van der Waals surface area contributed by atoms with E-state index in [1.807, 2.05) is 0 Å². The molecule has 3 nitrogen and oxygen atoms in total. The number of aromatic nitrogens is 1. The number of hydrogen-bond donors (Lipinski definition) is 1. The zero-order valence-electron chi connectivity index (χ0n) is 9.37. The molecule has 0 unspecified atom stereocenters. The number of rotatable bonds is 3. The summed E-state index contributed by atoms with van der Waals surface area (Å²) in [4.78, 5) is 4.07. The standard InChI is InChI=1S/C12H11F3N2O/c13-12(14,15)5-7-18-10-4-6-17-11-8(10)2-1-3-9(11)16/h1-4,6H,5,7,16H2. The first-order valence-corrected chi connectivity index (χ1v) is 5.30. The van der Waals surface area contributed by atoms with Crippen molar-refractivity contribution in [3.05, 3.63) is 30.5 Å². The molecular formula is C12H11F3N2O. The van der Waals surface area contributed by atoms with Crippen LogP contribution in [0.3, 0.4) is 0 Å². The molecule has 0 saturated heterocycles. The molecule has 6 heteroatoms. The number of nitrogens with zero attached hydrogens (tertiary/aromatic N) is 1. The summed E-state index contributed by atoms with van der Waals surface area (Å²) in [6.07, 6.45) is -3.75. The van der Waals surface area contributed by atoms with Crippen LogP contribution in [0.1, 0.15) is 6.42 Å². The maximum Gasteiger partial charge on any atom is 0.392 e. The Balaban J connectivity index is 2.21. The number of ether oxygens (including phenoxy) is 1. The molecule has 0 aliphatic rings. The number of hydrogen-bond acceptors (Lipinski definition) is 3. The van der Waals surface area contributed by atoms with Crippen molar-refractivity contribution in [1.29, 1.82) is 0 Å². The van der Waals surface area contributed by atoms with Crippen LogP contribution in [-0.2, 0) is 0 Å². The van der Waals surface area contributed by atoms with Gasteiger partial charge in [-0.25, -0.2) is 0 Å². The highest BCUT2D eigenvalue weighted by atomic mass is 19.4. The summed E-state index contributed by atoms with van der Waals surface area (Å²) in [6, 6.07) is 6.62. The molecule has 0 aliphatic heterocycles. The zero-order valence-corrected chi connectivity index (χ0v) is 9.37. The van der Waals surface area contributed by atoms with Crippen LogP contribution in [0, 0.1) is 0 Å². The summed E-state index contributed by atoms with van der Waals surface area (Å²) in [5.41, 5.74) is 6.72. The van der Waals surface area contributed by atoms with Crippen LogP contribution in [0.2, 0.25) is 0 Å². The molecule has 0 aliphatic carbocycles. The Hall–Kier alpha value is -1.98. The number of alkyl halides is 3. The van der Waals surface area contributed by atoms with E-state index in [0.29, 0.717) is 22.3 Å². The number of nitrogen functional groups attached to an aromatic ring is 1. The van der Waals surface area contributed by atoms with E-state index in [4.69, 9.17) is 10.5 Å². The predicted molar refractivity (Wildman–Crippen MR) is 62.3 cm³/mol. The second-order valence-corrected chi connectivity index (χ2v) is 3.77. The van der Waals surface area contributed by atoms with Crippen LogP contribution in [0.15, 0.2) is 30.5 Å². The second-order valence-electron chi connectivity index (χ2n) is 3.77. The number of benzene rings is 1. The van der Waals surface area contributed by atoms with Gasteiger partial charge in [0.25, 0.3) is 0 Å². The Morgan fingerprint density at radius 2 is 2.00 bits per heavy atom. The van der Waals surface area contributed by atoms with E-state index in [-0.39, 0.29) is 0 Å². The number of para-hydroxylation sites is 1. The van der Waals surface area contributed by atoms with E-state index >= 15 is 0 Å². The van der Waals surface area contributed by atoms with Crippen LogP contribution in [0.4, 0.5) is 18.9 Å². The van der Waals surface area contributed by atoms with Crippen LogP contribution < -0.4 is 10.5 Å². The average molecular weight is 256 g/mol. The van der Waals surface area contributed by atoms with Crippen molar-refractivity contribution in [1.82, 2.24) is 4.98 Å². The summed E-state index contributed by atoms with van der Waals surface area (Å²) < 4.78 is 41.2. The summed E-state index contributed by atoms with van der Waals surface area (Å²) in [6.45, 7) is -0.419. The molecule has 0 saturated carbocycles. The lowest BCUT2D eigenvalue weighted by atomic mass is 10.2. The Labute approximate surface area is 101 Å². The van der Waals surface area contributed by atoms with Crippen molar-refractivity contribution in [3.8, 4) is 5.75 Å². The van der Waals surface area contributed by atoms with Crippen LogP contribution in [0.5, 0.6) is 5.75 Å². The first-order chi connectivity index (χ1) is 8.47. The third kappa shape index (κ3) is 2.82. The normalized spacial score (nSPS) is 11.7. The smallest absolute Gasteiger partial charge is 0.392 e. The minimum Gasteiger partial charge on any atom is -0.492 e. The predicted octanol–water partition coefficient (Wildman–Crippen LogP) is 3.15. The third-order valence-electron chi connectivity index (χ3n) is 2.41. The van der Waals surface area contributed by atoms with E-state index in [9.17, 15) is 13.2 Å². The minimum atomic E-state index is -4.22. The second kappa shape index (κ2) is 4.72. The van der Waals surface area contributed by atoms with E-state index < -0.39 is 19.2 Å². The number of fused-ring (bicyclic) bond motifs is 1. The molecule has 0 bridgehead atoms. The van der Waals surface area contributed by atoms with Crippen molar-refractivity contribution >= 4 is 16.6 Å². The number of nitrogens with two attached hydrogens (primary N) is 1. The van der Waals surface area contributed by atoms with Crippen molar-refractivity contribution in [2.75, 3.05) is 12.3 Å². The molecule has 1 aromatic carbocycles. The molecule has 0 amide bonds. The lowest BCUT2D eigenvalue weighted by molar-refractivity contribution is -0.139. The Bertz CT molecular complexity index is 555. The van der Waals surface area contributed by atoms with Gasteiger partial charge in [-0.2, -0.15) is 13.2 Å². The first-order valence-electron chi connectivity index (χ1n) is 5.30. The summed E-state index contributed by atoms with van der Waals surface area (Å²) in [5, 5.41) is 0.611. The SMILES string of the molecule is Nc1cccc2c(OCCC(F)(F)F)ccnc12. The highest BCUT2D eigenvalue weighted by Crippen LogP contribution is 2.28. The van der Waals surface area contributed by atoms with E-state index in [1.54, 1.807) is 18.2 Å². The average Bonchev–Trinajstić information content (AvgIpc) is 2.29. The van der Waals surface area contributed by atoms with Gasteiger partial charge in [0, 0.05) is 11.6 Å². The van der Waals surface area contributed by atoms with Gasteiger partial charge < -0.3 is 10.5 Å². The van der Waals surface area contributed by atoms with Crippen LogP contribution >= 0.6 is 0 Å². The lowest BCUT2D eigenvalue weighted by Crippen LogP contribution is -2.13. The minimum absolute atomic E-state index is 0.358. The largest absolute Gasteiger partial charge is 0.492 e. The first kappa shape index (κ1) is 12.5. The molecule has 0 atom stereocenters. The molecule has 1 aromatic heterocycles. The molecule has 96 valence electrons. The Morgan fingerprint density at radius 1 is 1.22 bits per heavy atom. The quantitative estimate of drug-likeness (QED) is 0.858. The van der Waals surface area contributed by atoms with Gasteiger partial charge in [0.15, 0.2) is 0 Å². The Morgan fingerprint density at radius 3 is 2.72 bits per heavy atom. The van der Waals surface area contributed by atoms with Crippen molar-refractivity contribution in [2.45, 2.75) is 12.6 Å². The fourth-order valence-electron chi connectivity index (χ4n) is 1.58. The molecular weight excluding hydrogens is 245 g/mol. The lowest BCUT2D eigenvalue weighted by Gasteiger charge is -2.11. The topological polar surface area (TPSA) is 48.1 Å². The molecule has 2 aromatic rings. The molecule has 2 rings (SSSR count). The third-order valence-corrected chi connectivity index (χ3v) is 2.41. The molecule has 0 radical (unpaired) electrons. The molecule has 1 heterocycles. The number of anilines is 1. The number of halogens is 3. The van der Waals surface area contributed by atoms with Crippen molar-refractivity contribution < 1.29 is 17.9 Å². The fourth-order valence-corrected chi connectivity index (χ4v) is 1.58. The van der Waals surface area contributed by atoms with E-state index in [1.165, 1.54) is 12.3 Å². The van der Waals surface area contributed by atoms with Gasteiger partial charge in [-0.3, -0.25) is 4.98 Å². The molecule has 0 spiro atoms. The van der Waals surface area contributed by atoms with Gasteiger partial charge in [0.2, 0.25) is 0 Å². The van der Waals surface area contributed by atoms with Crippen LogP contribution in [0.25, 0.3) is 10.9 Å². The highest BCUT2D eigenvalue weighted by Gasteiger charge is 2.26. The fraction of sp³-hybridized carbons (Fsp3) is 0.250. The summed E-state index contributed by atoms with van der Waals surface area (Å²) in [5.74, 6) is 0.358. The maximum absolute atomic E-state index is 12.0. The number of pyridine rings is 1. The van der Waals surface area contributed by atoms with Gasteiger partial charge in [0.1, 0.15) is 5.75 Å². The zero-order chi connectivity index (χ0) is 13.2. The summed E-state index contributed by atoms with van der Waals surface area (Å²) in [7, 11) is 0. The van der Waals surface area contributed by atoms with Crippen LogP contribution in [-0.4, -0.2) is 17.8 Å². The molecule has 18 heavy (non-hydrogen) atoms. The highest BCUT2D eigenvalue weighted by molar-refractivity contribution is 5.93. The Kier molecular flexibility index (Phi) is 3.27. The van der Waals surface area contributed by atoms with Gasteiger partial charge in [0.05, 0.1) is 24.2 Å². The van der Waals surface area contributed by atoms with Gasteiger partial charge in [-0.05, 0) is 18.2 Å². The van der Waals surface area contributed by atoms with Crippen molar-refractivity contribution in [2.24, 2.45) is 0 Å². The summed E-state index contributed by atoms with van der Waals surface area (Å²) >= 11 is 0. The monoisotopic (exact) mass is 256 g/mol. The molecule has 2 N–H and O–H groups in total. The maximum atomic E-state index is 12.0. The van der Waals surface area contributed by atoms with Gasteiger partial charge in [-0.15, -0.1) is 0 Å². The van der Waals surface area contributed by atoms with Crippen molar-refractivity contribution in [3.63, 3.8) is 0 Å². The van der Waals surface area contributed by atoms with Gasteiger partial charge >= 0.3 is 6.18 Å². The van der Waals surface area contributed by atoms with E-state index in [0.717, 1.165) is 0 Å². The molecule has 0 fully saturated rings.